The van der Waals surface area contributed by atoms with Crippen LogP contribution in [0.15, 0.2) is 78.1 Å². The number of carboxylic acids is 2. The molecule has 2 aromatic heterocycles. The van der Waals surface area contributed by atoms with E-state index in [0.29, 0.717) is 18.7 Å². The molecule has 3 rings (SSSR count). The van der Waals surface area contributed by atoms with Gasteiger partial charge in [0.25, 0.3) is 10.0 Å². The van der Waals surface area contributed by atoms with Crippen LogP contribution in [0.1, 0.15) is 5.56 Å². The number of carboxylic acid groups (broad SMARTS) is 2. The van der Waals surface area contributed by atoms with Crippen LogP contribution in [0.4, 0.5) is 4.39 Å². The molecule has 9 nitrogen and oxygen atoms in total. The number of pyridine rings is 1. The standard InChI is InChI=1S/C17H16FN3O2S.C4H4O4/c1-19-11-13-10-16(14-6-2-3-7-15(14)18)21(12-13)24(22,23)17-8-4-5-9-20-17;5-3(6)1-2-4(7)8/h2-10,12,19H,11H2,1H3;1-2H,(H,5,6)(H,7,8)/p-2/b;2-1+. The molecule has 0 unspecified atom stereocenters. The van der Waals surface area contributed by atoms with E-state index < -0.39 is 27.8 Å². The van der Waals surface area contributed by atoms with E-state index in [1.807, 2.05) is 0 Å². The molecule has 0 amide bonds. The third-order valence-electron chi connectivity index (χ3n) is 3.89. The Labute approximate surface area is 183 Å². The fourth-order valence-corrected chi connectivity index (χ4v) is 3.93. The third-order valence-corrected chi connectivity index (χ3v) is 5.48. The van der Waals surface area contributed by atoms with Gasteiger partial charge in [-0.3, -0.25) is 0 Å². The molecule has 0 saturated heterocycles. The summed E-state index contributed by atoms with van der Waals surface area (Å²) in [6.45, 7) is 0.464. The number of halogens is 1. The maximum absolute atomic E-state index is 14.2. The number of carbonyl (C=O) groups is 2. The molecule has 0 aliphatic carbocycles. The topological polar surface area (TPSA) is 144 Å². The van der Waals surface area contributed by atoms with Crippen LogP contribution in [0, 0.1) is 5.82 Å². The predicted octanol–water partition coefficient (Wildman–Crippen LogP) is -0.312. The Balaban J connectivity index is 0.000000390. The van der Waals surface area contributed by atoms with Crippen molar-refractivity contribution in [2.45, 2.75) is 11.6 Å². The summed E-state index contributed by atoms with van der Waals surface area (Å²) >= 11 is 0. The van der Waals surface area contributed by atoms with Crippen molar-refractivity contribution in [2.24, 2.45) is 0 Å². The van der Waals surface area contributed by atoms with Crippen molar-refractivity contribution in [3.63, 3.8) is 0 Å². The van der Waals surface area contributed by atoms with Crippen molar-refractivity contribution >= 4 is 22.0 Å². The van der Waals surface area contributed by atoms with Gasteiger partial charge in [0.2, 0.25) is 0 Å². The summed E-state index contributed by atoms with van der Waals surface area (Å²) in [4.78, 5) is 22.8. The summed E-state index contributed by atoms with van der Waals surface area (Å²) < 4.78 is 41.1. The van der Waals surface area contributed by atoms with Crippen molar-refractivity contribution in [1.29, 1.82) is 0 Å². The fraction of sp³-hybridized carbons (Fsp3) is 0.0952. The Bertz CT molecular complexity index is 1210. The number of carbonyl (C=O) groups excluding carboxylic acids is 2. The lowest BCUT2D eigenvalue weighted by Gasteiger charge is -2.10. The number of aromatic nitrogens is 2. The zero-order chi connectivity index (χ0) is 23.7. The van der Waals surface area contributed by atoms with Crippen LogP contribution < -0.4 is 15.5 Å². The number of hydrogen-bond donors (Lipinski definition) is 1. The minimum atomic E-state index is -3.92. The lowest BCUT2D eigenvalue weighted by Crippen LogP contribution is -2.23. The summed E-state index contributed by atoms with van der Waals surface area (Å²) in [5.74, 6) is -3.58. The van der Waals surface area contributed by atoms with Crippen molar-refractivity contribution in [1.82, 2.24) is 14.3 Å². The molecule has 0 aliphatic rings. The molecule has 32 heavy (non-hydrogen) atoms. The first-order chi connectivity index (χ1) is 15.2. The Kier molecular flexibility index (Phi) is 8.38. The quantitative estimate of drug-likeness (QED) is 0.474. The highest BCUT2D eigenvalue weighted by molar-refractivity contribution is 7.90. The van der Waals surface area contributed by atoms with E-state index in [4.69, 9.17) is 0 Å². The van der Waals surface area contributed by atoms with E-state index in [-0.39, 0.29) is 16.3 Å². The number of aliphatic carboxylic acids is 2. The zero-order valence-electron chi connectivity index (χ0n) is 16.8. The van der Waals surface area contributed by atoms with E-state index in [1.165, 1.54) is 24.5 Å². The van der Waals surface area contributed by atoms with Gasteiger partial charge in [0.05, 0.1) is 17.6 Å². The molecular formula is C21H18FN3O6S-2. The lowest BCUT2D eigenvalue weighted by atomic mass is 10.1. The molecule has 1 N–H and O–H groups in total. The van der Waals surface area contributed by atoms with Crippen molar-refractivity contribution in [3.05, 3.63) is 84.5 Å². The molecule has 0 atom stereocenters. The van der Waals surface area contributed by atoms with Gasteiger partial charge in [-0.1, -0.05) is 18.2 Å². The van der Waals surface area contributed by atoms with Crippen LogP contribution >= 0.6 is 0 Å². The number of rotatable bonds is 7. The number of hydrogen-bond acceptors (Lipinski definition) is 8. The monoisotopic (exact) mass is 459 g/mol. The van der Waals surface area contributed by atoms with E-state index in [1.54, 1.807) is 43.4 Å². The number of benzene rings is 1. The smallest absolute Gasteiger partial charge is 0.285 e. The van der Waals surface area contributed by atoms with Crippen LogP contribution in [0.2, 0.25) is 0 Å². The largest absolute Gasteiger partial charge is 0.545 e. The van der Waals surface area contributed by atoms with Crippen molar-refractivity contribution < 1.29 is 32.6 Å². The molecule has 0 spiro atoms. The highest BCUT2D eigenvalue weighted by Gasteiger charge is 2.23. The Morgan fingerprint density at radius 1 is 1.09 bits per heavy atom. The molecule has 0 aliphatic heterocycles. The minimum Gasteiger partial charge on any atom is -0.545 e. The molecule has 3 aromatic rings. The zero-order valence-corrected chi connectivity index (χ0v) is 17.6. The fourth-order valence-electron chi connectivity index (χ4n) is 2.60. The Hall–Kier alpha value is -3.83. The van der Waals surface area contributed by atoms with E-state index in [2.05, 4.69) is 10.3 Å². The van der Waals surface area contributed by atoms with Crippen LogP contribution in [-0.4, -0.2) is 36.4 Å². The maximum atomic E-state index is 14.2. The summed E-state index contributed by atoms with van der Waals surface area (Å²) in [6.07, 6.45) is 3.67. The van der Waals surface area contributed by atoms with E-state index in [0.717, 1.165) is 9.54 Å². The van der Waals surface area contributed by atoms with Gasteiger partial charge in [0.15, 0.2) is 5.03 Å². The first-order valence-corrected chi connectivity index (χ1v) is 10.5. The molecule has 0 fully saturated rings. The normalized spacial score (nSPS) is 11.1. The number of nitrogens with zero attached hydrogens (tertiary/aromatic N) is 2. The van der Waals surface area contributed by atoms with Crippen molar-refractivity contribution in [2.75, 3.05) is 7.05 Å². The molecule has 11 heteroatoms. The second kappa shape index (κ2) is 11.0. The molecule has 1 aromatic carbocycles. The highest BCUT2D eigenvalue weighted by Crippen LogP contribution is 2.28. The Morgan fingerprint density at radius 3 is 2.25 bits per heavy atom. The minimum absolute atomic E-state index is 0.0887. The molecule has 0 bridgehead atoms. The predicted molar refractivity (Wildman–Crippen MR) is 109 cm³/mol. The summed E-state index contributed by atoms with van der Waals surface area (Å²) in [7, 11) is -2.16. The van der Waals surface area contributed by atoms with Crippen LogP contribution in [0.3, 0.4) is 0 Å². The van der Waals surface area contributed by atoms with Gasteiger partial charge in [-0.25, -0.2) is 13.3 Å². The summed E-state index contributed by atoms with van der Waals surface area (Å²) in [5, 5.41) is 21.7. The second-order valence-electron chi connectivity index (χ2n) is 6.18. The lowest BCUT2D eigenvalue weighted by molar-refractivity contribution is -0.301. The van der Waals surface area contributed by atoms with Crippen LogP contribution in [0.25, 0.3) is 11.3 Å². The van der Waals surface area contributed by atoms with Gasteiger partial charge in [0.1, 0.15) is 5.82 Å². The van der Waals surface area contributed by atoms with Gasteiger partial charge in [-0.15, -0.1) is 0 Å². The van der Waals surface area contributed by atoms with Gasteiger partial charge in [-0.2, -0.15) is 8.42 Å². The van der Waals surface area contributed by atoms with Crippen LogP contribution in [0.5, 0.6) is 0 Å². The molecule has 0 saturated carbocycles. The van der Waals surface area contributed by atoms with E-state index >= 15 is 0 Å². The van der Waals surface area contributed by atoms with Gasteiger partial charge in [0, 0.05) is 24.5 Å². The second-order valence-corrected chi connectivity index (χ2v) is 7.95. The molecule has 2 heterocycles. The number of nitrogens with one attached hydrogen (secondary N) is 1. The highest BCUT2D eigenvalue weighted by atomic mass is 32.2. The molecular weight excluding hydrogens is 441 g/mol. The molecule has 168 valence electrons. The van der Waals surface area contributed by atoms with Gasteiger partial charge in [-0.05, 0) is 55.1 Å². The SMILES string of the molecule is CNCc1cc(-c2ccccc2F)n(S(=O)(=O)c2ccccn2)c1.O=C([O-])/C=C/C(=O)[O-]. The first kappa shape index (κ1) is 24.4. The maximum Gasteiger partial charge on any atom is 0.285 e. The Morgan fingerprint density at radius 2 is 1.72 bits per heavy atom. The summed E-state index contributed by atoms with van der Waals surface area (Å²) in [6, 6.07) is 12.4. The van der Waals surface area contributed by atoms with Gasteiger partial charge < -0.3 is 25.1 Å². The third kappa shape index (κ3) is 6.33. The van der Waals surface area contributed by atoms with E-state index in [9.17, 15) is 32.6 Å². The summed E-state index contributed by atoms with van der Waals surface area (Å²) in [5.41, 5.74) is 1.22. The first-order valence-electron chi connectivity index (χ1n) is 9.04. The average Bonchev–Trinajstić information content (AvgIpc) is 3.18. The molecule has 0 radical (unpaired) electrons. The van der Waals surface area contributed by atoms with Crippen LogP contribution in [-0.2, 0) is 26.2 Å². The van der Waals surface area contributed by atoms with Gasteiger partial charge >= 0.3 is 0 Å². The van der Waals surface area contributed by atoms with Crippen molar-refractivity contribution in [3.8, 4) is 11.3 Å². The average molecular weight is 459 g/mol.